The summed E-state index contributed by atoms with van der Waals surface area (Å²) >= 11 is 0. The smallest absolute Gasteiger partial charge is 0.00244 e. The number of hydrogen-bond acceptors (Lipinski definition) is 2. The van der Waals surface area contributed by atoms with Crippen LogP contribution in [0.15, 0.2) is 0 Å². The molecule has 11 heavy (non-hydrogen) atoms. The molecule has 0 spiro atoms. The van der Waals surface area contributed by atoms with E-state index in [1.54, 1.807) is 0 Å². The Morgan fingerprint density at radius 3 is 2.36 bits per heavy atom. The second-order valence-corrected chi connectivity index (χ2v) is 3.26. The molecule has 0 radical (unpaired) electrons. The molecule has 0 aromatic heterocycles. The predicted molar refractivity (Wildman–Crippen MR) is 50.9 cm³/mol. The Kier molecular flexibility index (Phi) is 7.96. The molecule has 2 heteroatoms. The molecule has 1 N–H and O–H groups in total. The highest BCUT2D eigenvalue weighted by molar-refractivity contribution is 4.49. The quantitative estimate of drug-likeness (QED) is 0.562. The third-order valence-corrected chi connectivity index (χ3v) is 1.64. The van der Waals surface area contributed by atoms with E-state index in [-0.39, 0.29) is 0 Å². The van der Waals surface area contributed by atoms with E-state index in [9.17, 15) is 0 Å². The van der Waals surface area contributed by atoms with Crippen molar-refractivity contribution < 1.29 is 0 Å². The summed E-state index contributed by atoms with van der Waals surface area (Å²) in [5.41, 5.74) is 0. The lowest BCUT2D eigenvalue weighted by Crippen LogP contribution is -2.18. The molecule has 0 aliphatic carbocycles. The lowest BCUT2D eigenvalue weighted by atomic mass is 10.3. The van der Waals surface area contributed by atoms with Crippen LogP contribution in [-0.4, -0.2) is 38.6 Å². The molecular weight excluding hydrogens is 136 g/mol. The summed E-state index contributed by atoms with van der Waals surface area (Å²) in [6, 6.07) is 0. The Labute approximate surface area is 71.0 Å². The van der Waals surface area contributed by atoms with E-state index < -0.39 is 0 Å². The summed E-state index contributed by atoms with van der Waals surface area (Å²) in [6.07, 6.45) is 3.86. The molecule has 0 aromatic rings. The number of rotatable bonds is 7. The summed E-state index contributed by atoms with van der Waals surface area (Å²) in [5.74, 6) is 0. The van der Waals surface area contributed by atoms with E-state index >= 15 is 0 Å². The Morgan fingerprint density at radius 1 is 1.09 bits per heavy atom. The van der Waals surface area contributed by atoms with Crippen LogP contribution in [0, 0.1) is 0 Å². The number of hydrogen-bond donors (Lipinski definition) is 1. The maximum absolute atomic E-state index is 3.39. The van der Waals surface area contributed by atoms with Gasteiger partial charge in [0.25, 0.3) is 0 Å². The van der Waals surface area contributed by atoms with Crippen molar-refractivity contribution in [3.8, 4) is 0 Å². The second kappa shape index (κ2) is 8.02. The minimum Gasteiger partial charge on any atom is -0.317 e. The zero-order chi connectivity index (χ0) is 8.53. The van der Waals surface area contributed by atoms with E-state index in [0.29, 0.717) is 0 Å². The molecule has 0 amide bonds. The Hall–Kier alpha value is -0.0800. The van der Waals surface area contributed by atoms with Gasteiger partial charge in [-0.25, -0.2) is 0 Å². The largest absolute Gasteiger partial charge is 0.317 e. The predicted octanol–water partition coefficient (Wildman–Crippen LogP) is 1.33. The molecule has 0 fully saturated rings. The van der Waals surface area contributed by atoms with Crippen molar-refractivity contribution in [1.29, 1.82) is 0 Å². The molecule has 0 heterocycles. The third kappa shape index (κ3) is 9.92. The van der Waals surface area contributed by atoms with Gasteiger partial charge in [-0.2, -0.15) is 0 Å². The van der Waals surface area contributed by atoms with Crippen molar-refractivity contribution in [2.24, 2.45) is 0 Å². The maximum Gasteiger partial charge on any atom is -0.00244 e. The van der Waals surface area contributed by atoms with Crippen LogP contribution < -0.4 is 5.32 Å². The first-order valence-electron chi connectivity index (χ1n) is 4.62. The van der Waals surface area contributed by atoms with Crippen molar-refractivity contribution in [2.75, 3.05) is 33.7 Å². The summed E-state index contributed by atoms with van der Waals surface area (Å²) < 4.78 is 0. The molecule has 0 atom stereocenters. The zero-order valence-corrected chi connectivity index (χ0v) is 8.19. The minimum absolute atomic E-state index is 1.17. The summed E-state index contributed by atoms with van der Waals surface area (Å²) in [4.78, 5) is 2.24. The molecule has 0 bridgehead atoms. The van der Waals surface area contributed by atoms with Crippen molar-refractivity contribution in [1.82, 2.24) is 10.2 Å². The third-order valence-electron chi connectivity index (χ3n) is 1.64. The first-order valence-corrected chi connectivity index (χ1v) is 4.62. The van der Waals surface area contributed by atoms with Crippen molar-refractivity contribution in [2.45, 2.75) is 26.2 Å². The van der Waals surface area contributed by atoms with E-state index in [1.165, 1.54) is 38.9 Å². The van der Waals surface area contributed by atoms with Gasteiger partial charge in [-0.1, -0.05) is 6.92 Å². The van der Waals surface area contributed by atoms with E-state index in [0.717, 1.165) is 0 Å². The van der Waals surface area contributed by atoms with Crippen LogP contribution in [0.3, 0.4) is 0 Å². The minimum atomic E-state index is 1.17. The molecule has 68 valence electrons. The van der Waals surface area contributed by atoms with Crippen LogP contribution in [0.25, 0.3) is 0 Å². The Morgan fingerprint density at radius 2 is 1.82 bits per heavy atom. The topological polar surface area (TPSA) is 15.3 Å². The number of unbranched alkanes of at least 4 members (excludes halogenated alkanes) is 1. The van der Waals surface area contributed by atoms with Gasteiger partial charge in [-0.15, -0.1) is 0 Å². The van der Waals surface area contributed by atoms with Crippen LogP contribution in [0.4, 0.5) is 0 Å². The molecule has 0 saturated heterocycles. The van der Waals surface area contributed by atoms with Crippen LogP contribution >= 0.6 is 0 Å². The highest BCUT2D eigenvalue weighted by Gasteiger charge is 1.89. The monoisotopic (exact) mass is 158 g/mol. The van der Waals surface area contributed by atoms with E-state index in [2.05, 4.69) is 31.2 Å². The van der Waals surface area contributed by atoms with Gasteiger partial charge in [0, 0.05) is 0 Å². The van der Waals surface area contributed by atoms with E-state index in [1.807, 2.05) is 0 Å². The van der Waals surface area contributed by atoms with Gasteiger partial charge in [0.05, 0.1) is 0 Å². The lowest BCUT2D eigenvalue weighted by molar-refractivity contribution is 0.392. The average molecular weight is 158 g/mol. The van der Waals surface area contributed by atoms with Gasteiger partial charge in [0.15, 0.2) is 0 Å². The summed E-state index contributed by atoms with van der Waals surface area (Å²) in [5, 5.41) is 3.39. The van der Waals surface area contributed by atoms with Crippen LogP contribution in [0.2, 0.25) is 0 Å². The van der Waals surface area contributed by atoms with Gasteiger partial charge in [-0.3, -0.25) is 0 Å². The summed E-state index contributed by atoms with van der Waals surface area (Å²) in [7, 11) is 4.25. The first-order chi connectivity index (χ1) is 5.27. The van der Waals surface area contributed by atoms with Gasteiger partial charge in [0.2, 0.25) is 0 Å². The highest BCUT2D eigenvalue weighted by atomic mass is 15.0. The molecule has 0 saturated carbocycles. The second-order valence-electron chi connectivity index (χ2n) is 3.26. The fourth-order valence-corrected chi connectivity index (χ4v) is 0.980. The van der Waals surface area contributed by atoms with Gasteiger partial charge < -0.3 is 10.2 Å². The average Bonchev–Trinajstić information content (AvgIpc) is 1.96. The van der Waals surface area contributed by atoms with Crippen molar-refractivity contribution in [3.05, 3.63) is 0 Å². The fraction of sp³-hybridized carbons (Fsp3) is 1.00. The molecule has 0 aromatic carbocycles. The van der Waals surface area contributed by atoms with Gasteiger partial charge in [-0.05, 0) is 53.0 Å². The maximum atomic E-state index is 3.39. The molecule has 0 rings (SSSR count). The molecule has 2 nitrogen and oxygen atoms in total. The normalized spacial score (nSPS) is 10.9. The number of nitrogens with zero attached hydrogens (tertiary/aromatic N) is 1. The lowest BCUT2D eigenvalue weighted by Gasteiger charge is -2.08. The first kappa shape index (κ1) is 10.9. The summed E-state index contributed by atoms with van der Waals surface area (Å²) in [6.45, 7) is 5.77. The zero-order valence-electron chi connectivity index (χ0n) is 8.19. The Balaban J connectivity index is 2.80. The van der Waals surface area contributed by atoms with Crippen LogP contribution in [0.1, 0.15) is 26.2 Å². The van der Waals surface area contributed by atoms with E-state index in [4.69, 9.17) is 0 Å². The van der Waals surface area contributed by atoms with Crippen LogP contribution in [-0.2, 0) is 0 Å². The molecule has 0 unspecified atom stereocenters. The standard InChI is InChI=1S/C9H22N2/c1-4-7-10-8-5-6-9-11(2)3/h10H,4-9H2,1-3H3. The SMILES string of the molecule is CCCNCCCCN(C)C. The van der Waals surface area contributed by atoms with Crippen LogP contribution in [0.5, 0.6) is 0 Å². The molecule has 0 aliphatic rings. The Bertz CT molecular complexity index is 72.0. The molecular formula is C9H22N2. The molecule has 0 aliphatic heterocycles. The number of nitrogens with one attached hydrogen (secondary N) is 1. The highest BCUT2D eigenvalue weighted by Crippen LogP contribution is 1.88. The van der Waals surface area contributed by atoms with Gasteiger partial charge >= 0.3 is 0 Å². The fourth-order valence-electron chi connectivity index (χ4n) is 0.980. The van der Waals surface area contributed by atoms with Crippen molar-refractivity contribution in [3.63, 3.8) is 0 Å². The van der Waals surface area contributed by atoms with Crippen molar-refractivity contribution >= 4 is 0 Å². The van der Waals surface area contributed by atoms with Gasteiger partial charge in [0.1, 0.15) is 0 Å².